The Balaban J connectivity index is 2.34. The number of rotatable bonds is 7. The average Bonchev–Trinajstić information content (AvgIpc) is 2.61. The van der Waals surface area contributed by atoms with Gasteiger partial charge in [-0.05, 0) is 36.8 Å². The zero-order valence-corrected chi connectivity index (χ0v) is 16.4. The third-order valence-corrected chi connectivity index (χ3v) is 5.70. The highest BCUT2D eigenvalue weighted by molar-refractivity contribution is 7.89. The number of carbonyl (C=O) groups is 1. The summed E-state index contributed by atoms with van der Waals surface area (Å²) < 4.78 is 31.2. The third kappa shape index (κ3) is 4.55. The van der Waals surface area contributed by atoms with Gasteiger partial charge in [-0.2, -0.15) is 0 Å². The first kappa shape index (κ1) is 20.2. The van der Waals surface area contributed by atoms with Crippen LogP contribution in [0.3, 0.4) is 0 Å². The van der Waals surface area contributed by atoms with Gasteiger partial charge >= 0.3 is 0 Å². The van der Waals surface area contributed by atoms with Crippen molar-refractivity contribution in [3.63, 3.8) is 0 Å². The maximum atomic E-state index is 12.7. The fourth-order valence-electron chi connectivity index (χ4n) is 2.15. The molecule has 2 aromatic carbocycles. The van der Waals surface area contributed by atoms with Gasteiger partial charge in [-0.3, -0.25) is 4.79 Å². The van der Waals surface area contributed by atoms with Crippen LogP contribution in [0, 0.1) is 0 Å². The highest BCUT2D eigenvalue weighted by Gasteiger charge is 2.21. The summed E-state index contributed by atoms with van der Waals surface area (Å²) in [5, 5.41) is 2.89. The van der Waals surface area contributed by atoms with Gasteiger partial charge in [-0.25, -0.2) is 12.7 Å². The molecule has 2 aromatic rings. The monoisotopic (exact) mass is 396 g/mol. The van der Waals surface area contributed by atoms with Crippen LogP contribution in [-0.2, 0) is 10.0 Å². The second kappa shape index (κ2) is 8.53. The topological polar surface area (TPSA) is 75.7 Å². The summed E-state index contributed by atoms with van der Waals surface area (Å²) in [6.45, 7) is 2.50. The normalized spacial score (nSPS) is 11.4. The minimum Gasteiger partial charge on any atom is -0.491 e. The number of ether oxygens (including phenoxy) is 1. The number of para-hydroxylation sites is 2. The van der Waals surface area contributed by atoms with Crippen molar-refractivity contribution >= 4 is 33.2 Å². The van der Waals surface area contributed by atoms with Crippen LogP contribution in [0.2, 0.25) is 5.02 Å². The predicted octanol–water partition coefficient (Wildman–Crippen LogP) is 3.63. The summed E-state index contributed by atoms with van der Waals surface area (Å²) in [5.74, 6) is 0.0224. The van der Waals surface area contributed by atoms with E-state index in [1.165, 1.54) is 32.3 Å². The van der Waals surface area contributed by atoms with Crippen LogP contribution >= 0.6 is 11.6 Å². The number of anilines is 1. The van der Waals surface area contributed by atoms with Gasteiger partial charge in [0.25, 0.3) is 5.91 Å². The van der Waals surface area contributed by atoms with Crippen molar-refractivity contribution in [2.45, 2.75) is 18.2 Å². The standard InChI is InChI=1S/C18H21ClN2O4S/c1-4-11-25-17-8-6-5-7-16(17)20-18(22)14-12-13(9-10-15(14)19)26(23,24)21(2)3/h5-10,12H,4,11H2,1-3H3,(H,20,22). The molecule has 8 heteroatoms. The fourth-order valence-corrected chi connectivity index (χ4v) is 3.28. The summed E-state index contributed by atoms with van der Waals surface area (Å²) in [5.41, 5.74) is 0.558. The van der Waals surface area contributed by atoms with E-state index in [1.807, 2.05) is 6.92 Å². The van der Waals surface area contributed by atoms with Crippen molar-refractivity contribution in [2.24, 2.45) is 0 Å². The maximum absolute atomic E-state index is 12.7. The van der Waals surface area contributed by atoms with E-state index in [2.05, 4.69) is 5.32 Å². The van der Waals surface area contributed by atoms with Gasteiger partial charge in [0.05, 0.1) is 27.8 Å². The molecular formula is C18H21ClN2O4S. The molecule has 0 radical (unpaired) electrons. The average molecular weight is 397 g/mol. The Hall–Kier alpha value is -2.09. The molecule has 0 bridgehead atoms. The van der Waals surface area contributed by atoms with Crippen molar-refractivity contribution in [3.8, 4) is 5.75 Å². The quantitative estimate of drug-likeness (QED) is 0.775. The number of nitrogens with zero attached hydrogens (tertiary/aromatic N) is 1. The van der Waals surface area contributed by atoms with Gasteiger partial charge in [0.2, 0.25) is 10.0 Å². The predicted molar refractivity (Wildman–Crippen MR) is 103 cm³/mol. The summed E-state index contributed by atoms with van der Waals surface area (Å²) >= 11 is 6.11. The van der Waals surface area contributed by atoms with Gasteiger partial charge in [-0.1, -0.05) is 30.7 Å². The molecule has 0 aliphatic heterocycles. The van der Waals surface area contributed by atoms with Crippen LogP contribution in [-0.4, -0.2) is 39.3 Å². The first-order valence-electron chi connectivity index (χ1n) is 8.02. The molecule has 1 N–H and O–H groups in total. The molecule has 1 amide bonds. The Bertz CT molecular complexity index is 898. The number of nitrogens with one attached hydrogen (secondary N) is 1. The van der Waals surface area contributed by atoms with E-state index in [0.29, 0.717) is 18.0 Å². The number of amides is 1. The van der Waals surface area contributed by atoms with Crippen molar-refractivity contribution in [1.29, 1.82) is 0 Å². The molecule has 6 nitrogen and oxygen atoms in total. The molecule has 0 heterocycles. The molecule has 0 fully saturated rings. The van der Waals surface area contributed by atoms with Crippen LogP contribution in [0.25, 0.3) is 0 Å². The first-order valence-corrected chi connectivity index (χ1v) is 9.84. The fraction of sp³-hybridized carbons (Fsp3) is 0.278. The van der Waals surface area contributed by atoms with Crippen LogP contribution in [0.1, 0.15) is 23.7 Å². The minimum atomic E-state index is -3.67. The highest BCUT2D eigenvalue weighted by Crippen LogP contribution is 2.27. The zero-order chi connectivity index (χ0) is 19.3. The number of hydrogen-bond acceptors (Lipinski definition) is 4. The Morgan fingerprint density at radius 3 is 2.54 bits per heavy atom. The summed E-state index contributed by atoms with van der Waals surface area (Å²) in [7, 11) is -0.829. The van der Waals surface area contributed by atoms with Crippen molar-refractivity contribution in [3.05, 3.63) is 53.1 Å². The van der Waals surface area contributed by atoms with Crippen molar-refractivity contribution < 1.29 is 17.9 Å². The largest absolute Gasteiger partial charge is 0.491 e. The molecule has 0 aliphatic rings. The first-order chi connectivity index (χ1) is 12.3. The van der Waals surface area contributed by atoms with Gasteiger partial charge in [0, 0.05) is 14.1 Å². The Labute approximate surface area is 158 Å². The molecule has 0 saturated heterocycles. The number of benzene rings is 2. The van der Waals surface area contributed by atoms with Gasteiger partial charge in [0.1, 0.15) is 5.75 Å². The molecule has 0 aliphatic carbocycles. The maximum Gasteiger partial charge on any atom is 0.257 e. The number of sulfonamides is 1. The summed E-state index contributed by atoms with van der Waals surface area (Å²) in [6, 6.07) is 11.1. The molecule has 0 atom stereocenters. The van der Waals surface area contributed by atoms with E-state index in [9.17, 15) is 13.2 Å². The second-order valence-corrected chi connectivity index (χ2v) is 8.29. The van der Waals surface area contributed by atoms with E-state index in [-0.39, 0.29) is 15.5 Å². The third-order valence-electron chi connectivity index (χ3n) is 3.56. The molecule has 0 unspecified atom stereocenters. The van der Waals surface area contributed by atoms with E-state index >= 15 is 0 Å². The zero-order valence-electron chi connectivity index (χ0n) is 14.8. The lowest BCUT2D eigenvalue weighted by Gasteiger charge is -2.14. The number of halogens is 1. The van der Waals surface area contributed by atoms with Crippen LogP contribution in [0.15, 0.2) is 47.4 Å². The lowest BCUT2D eigenvalue weighted by Crippen LogP contribution is -2.23. The Kier molecular flexibility index (Phi) is 6.63. The lowest BCUT2D eigenvalue weighted by atomic mass is 10.2. The van der Waals surface area contributed by atoms with E-state index < -0.39 is 15.9 Å². The van der Waals surface area contributed by atoms with Gasteiger partial charge in [0.15, 0.2) is 0 Å². The second-order valence-electron chi connectivity index (χ2n) is 5.73. The SMILES string of the molecule is CCCOc1ccccc1NC(=O)c1cc(S(=O)(=O)N(C)C)ccc1Cl. The smallest absolute Gasteiger partial charge is 0.257 e. The summed E-state index contributed by atoms with van der Waals surface area (Å²) in [4.78, 5) is 12.6. The molecule has 0 aromatic heterocycles. The number of carbonyl (C=O) groups excluding carboxylic acids is 1. The number of hydrogen-bond donors (Lipinski definition) is 1. The molecule has 140 valence electrons. The lowest BCUT2D eigenvalue weighted by molar-refractivity contribution is 0.102. The minimum absolute atomic E-state index is 0.00688. The van der Waals surface area contributed by atoms with Crippen LogP contribution in [0.4, 0.5) is 5.69 Å². The molecule has 2 rings (SSSR count). The molecule has 0 spiro atoms. The van der Waals surface area contributed by atoms with E-state index in [0.717, 1.165) is 10.7 Å². The Morgan fingerprint density at radius 2 is 1.88 bits per heavy atom. The molecular weight excluding hydrogens is 376 g/mol. The Morgan fingerprint density at radius 1 is 1.19 bits per heavy atom. The van der Waals surface area contributed by atoms with Crippen molar-refractivity contribution in [2.75, 3.05) is 26.0 Å². The summed E-state index contributed by atoms with van der Waals surface area (Å²) in [6.07, 6.45) is 0.832. The van der Waals surface area contributed by atoms with Crippen LogP contribution in [0.5, 0.6) is 5.75 Å². The van der Waals surface area contributed by atoms with E-state index in [4.69, 9.17) is 16.3 Å². The van der Waals surface area contributed by atoms with Crippen LogP contribution < -0.4 is 10.1 Å². The molecule has 0 saturated carbocycles. The van der Waals surface area contributed by atoms with Gasteiger partial charge in [-0.15, -0.1) is 0 Å². The van der Waals surface area contributed by atoms with Crippen molar-refractivity contribution in [1.82, 2.24) is 4.31 Å². The molecule has 26 heavy (non-hydrogen) atoms. The highest BCUT2D eigenvalue weighted by atomic mass is 35.5. The van der Waals surface area contributed by atoms with Gasteiger partial charge < -0.3 is 10.1 Å². The van der Waals surface area contributed by atoms with E-state index in [1.54, 1.807) is 24.3 Å².